The number of aliphatic hydroxyl groups is 1. The third-order valence-corrected chi connectivity index (χ3v) is 3.67. The van der Waals surface area contributed by atoms with E-state index < -0.39 is 36.7 Å². The van der Waals surface area contributed by atoms with Gasteiger partial charge in [0.1, 0.15) is 18.7 Å². The smallest absolute Gasteiger partial charge is 0.408 e. The second kappa shape index (κ2) is 9.93. The molecule has 2 atom stereocenters. The first-order chi connectivity index (χ1) is 13.0. The van der Waals surface area contributed by atoms with Crippen molar-refractivity contribution in [2.75, 3.05) is 6.61 Å². The van der Waals surface area contributed by atoms with E-state index in [2.05, 4.69) is 10.6 Å². The molecule has 8 nitrogen and oxygen atoms in total. The van der Waals surface area contributed by atoms with Gasteiger partial charge >= 0.3 is 12.1 Å². The van der Waals surface area contributed by atoms with Crippen LogP contribution in [0.3, 0.4) is 0 Å². The van der Waals surface area contributed by atoms with Gasteiger partial charge < -0.3 is 25.6 Å². The van der Waals surface area contributed by atoms with Crippen LogP contribution < -0.4 is 10.6 Å². The Morgan fingerprint density at radius 1 is 0.926 bits per heavy atom. The number of carbonyl (C=O) groups is 3. The van der Waals surface area contributed by atoms with E-state index in [1.54, 1.807) is 54.6 Å². The van der Waals surface area contributed by atoms with Crippen LogP contribution in [0.25, 0.3) is 0 Å². The Balaban J connectivity index is 2.07. The molecule has 27 heavy (non-hydrogen) atoms. The molecule has 0 radical (unpaired) electrons. The number of benzene rings is 2. The molecule has 0 saturated heterocycles. The fourth-order valence-electron chi connectivity index (χ4n) is 2.27. The number of aliphatic carboxylic acids is 1. The van der Waals surface area contributed by atoms with E-state index in [4.69, 9.17) is 14.9 Å². The van der Waals surface area contributed by atoms with Gasteiger partial charge in [-0.3, -0.25) is 4.79 Å². The monoisotopic (exact) mass is 372 g/mol. The third-order valence-electron chi connectivity index (χ3n) is 3.67. The second-order valence-electron chi connectivity index (χ2n) is 5.63. The van der Waals surface area contributed by atoms with Gasteiger partial charge in [-0.25, -0.2) is 9.59 Å². The highest BCUT2D eigenvalue weighted by Gasteiger charge is 2.27. The van der Waals surface area contributed by atoms with E-state index >= 15 is 0 Å². The summed E-state index contributed by atoms with van der Waals surface area (Å²) in [6.07, 6.45) is -0.835. The molecule has 0 bridgehead atoms. The lowest BCUT2D eigenvalue weighted by Gasteiger charge is -2.20. The van der Waals surface area contributed by atoms with E-state index in [0.29, 0.717) is 5.56 Å². The second-order valence-corrected chi connectivity index (χ2v) is 5.63. The molecule has 2 rings (SSSR count). The number of aliphatic hydroxyl groups excluding tert-OH is 1. The van der Waals surface area contributed by atoms with Gasteiger partial charge in [0.15, 0.2) is 0 Å². The summed E-state index contributed by atoms with van der Waals surface area (Å²) in [6.45, 7) is -0.759. The van der Waals surface area contributed by atoms with Gasteiger partial charge in [-0.1, -0.05) is 60.7 Å². The predicted molar refractivity (Wildman–Crippen MR) is 95.6 cm³/mol. The van der Waals surface area contributed by atoms with E-state index in [1.807, 2.05) is 6.07 Å². The van der Waals surface area contributed by atoms with Crippen LogP contribution in [0.2, 0.25) is 0 Å². The molecule has 142 valence electrons. The number of carboxylic acids is 1. The standard InChI is InChI=1S/C19H20N2O6/c22-11-15(18(24)25)20-17(23)16(14-9-5-2-6-10-14)21-19(26)27-12-13-7-3-1-4-8-13/h1-10,15-16,22H,11-12H2,(H,20,23)(H,21,26)(H,24,25)/t15?,16-/m0/s1. The fraction of sp³-hybridized carbons (Fsp3) is 0.211. The summed E-state index contributed by atoms with van der Waals surface area (Å²) < 4.78 is 5.11. The fourth-order valence-corrected chi connectivity index (χ4v) is 2.27. The number of nitrogens with one attached hydrogen (secondary N) is 2. The number of carboxylic acid groups (broad SMARTS) is 1. The average molecular weight is 372 g/mol. The van der Waals surface area contributed by atoms with E-state index in [1.165, 1.54) is 0 Å². The Labute approximate surface area is 155 Å². The van der Waals surface area contributed by atoms with Crippen molar-refractivity contribution in [2.45, 2.75) is 18.7 Å². The van der Waals surface area contributed by atoms with Crippen molar-refractivity contribution in [3.05, 3.63) is 71.8 Å². The average Bonchev–Trinajstić information content (AvgIpc) is 2.69. The molecule has 0 aromatic heterocycles. The van der Waals surface area contributed by atoms with Crippen molar-refractivity contribution < 1.29 is 29.3 Å². The highest BCUT2D eigenvalue weighted by molar-refractivity contribution is 5.90. The minimum Gasteiger partial charge on any atom is -0.480 e. The first kappa shape index (κ1) is 19.9. The maximum atomic E-state index is 12.5. The van der Waals surface area contributed by atoms with Crippen LogP contribution in [0.15, 0.2) is 60.7 Å². The number of alkyl carbamates (subject to hydrolysis) is 1. The summed E-state index contributed by atoms with van der Waals surface area (Å²) in [5, 5.41) is 22.7. The molecule has 0 aliphatic rings. The van der Waals surface area contributed by atoms with Crippen LogP contribution in [0, 0.1) is 0 Å². The largest absolute Gasteiger partial charge is 0.480 e. The number of rotatable bonds is 8. The summed E-state index contributed by atoms with van der Waals surface area (Å²) in [5.41, 5.74) is 1.22. The molecule has 4 N–H and O–H groups in total. The Morgan fingerprint density at radius 2 is 1.52 bits per heavy atom. The molecule has 2 aromatic carbocycles. The number of ether oxygens (including phenoxy) is 1. The van der Waals surface area contributed by atoms with Gasteiger partial charge in [0, 0.05) is 0 Å². The van der Waals surface area contributed by atoms with Gasteiger partial charge in [-0.05, 0) is 11.1 Å². The van der Waals surface area contributed by atoms with Crippen LogP contribution in [-0.4, -0.2) is 40.8 Å². The first-order valence-electron chi connectivity index (χ1n) is 8.17. The summed E-state index contributed by atoms with van der Waals surface area (Å²) in [6, 6.07) is 14.7. The maximum Gasteiger partial charge on any atom is 0.408 e. The van der Waals surface area contributed by atoms with Crippen LogP contribution in [-0.2, 0) is 20.9 Å². The molecule has 0 aliphatic heterocycles. The van der Waals surface area contributed by atoms with Gasteiger partial charge in [0.05, 0.1) is 6.61 Å². The van der Waals surface area contributed by atoms with Crippen LogP contribution in [0.5, 0.6) is 0 Å². The van der Waals surface area contributed by atoms with Crippen molar-refractivity contribution in [3.8, 4) is 0 Å². The van der Waals surface area contributed by atoms with Gasteiger partial charge in [-0.2, -0.15) is 0 Å². The topological polar surface area (TPSA) is 125 Å². The molecule has 2 amide bonds. The quantitative estimate of drug-likeness (QED) is 0.552. The zero-order valence-corrected chi connectivity index (χ0v) is 14.4. The Morgan fingerprint density at radius 3 is 2.07 bits per heavy atom. The molecule has 2 aromatic rings. The molecule has 0 fully saturated rings. The maximum absolute atomic E-state index is 12.5. The van der Waals surface area contributed by atoms with Crippen LogP contribution in [0.4, 0.5) is 4.79 Å². The highest BCUT2D eigenvalue weighted by Crippen LogP contribution is 2.14. The van der Waals surface area contributed by atoms with Crippen LogP contribution in [0.1, 0.15) is 17.2 Å². The molecular weight excluding hydrogens is 352 g/mol. The van der Waals surface area contributed by atoms with Crippen molar-refractivity contribution in [1.29, 1.82) is 0 Å². The Kier molecular flexibility index (Phi) is 7.33. The minimum atomic E-state index is -1.48. The molecule has 8 heteroatoms. The van der Waals surface area contributed by atoms with Gasteiger partial charge in [0.25, 0.3) is 0 Å². The van der Waals surface area contributed by atoms with Crippen LogP contribution >= 0.6 is 0 Å². The molecule has 0 aliphatic carbocycles. The molecular formula is C19H20N2O6. The Hall–Kier alpha value is -3.39. The first-order valence-corrected chi connectivity index (χ1v) is 8.17. The predicted octanol–water partition coefficient (Wildman–Crippen LogP) is 1.22. The number of carbonyl (C=O) groups excluding carboxylic acids is 2. The van der Waals surface area contributed by atoms with Crippen molar-refractivity contribution in [3.63, 3.8) is 0 Å². The molecule has 0 saturated carbocycles. The molecule has 1 unspecified atom stereocenters. The summed E-state index contributed by atoms with van der Waals surface area (Å²) in [4.78, 5) is 35.6. The summed E-state index contributed by atoms with van der Waals surface area (Å²) in [7, 11) is 0. The van der Waals surface area contributed by atoms with E-state index in [9.17, 15) is 14.4 Å². The van der Waals surface area contributed by atoms with Crippen molar-refractivity contribution in [1.82, 2.24) is 10.6 Å². The lowest BCUT2D eigenvalue weighted by Crippen LogP contribution is -2.48. The third kappa shape index (κ3) is 6.12. The number of amides is 2. The Bertz CT molecular complexity index is 766. The van der Waals surface area contributed by atoms with Gasteiger partial charge in [-0.15, -0.1) is 0 Å². The lowest BCUT2D eigenvalue weighted by molar-refractivity contribution is -0.143. The van der Waals surface area contributed by atoms with E-state index in [-0.39, 0.29) is 6.61 Å². The lowest BCUT2D eigenvalue weighted by atomic mass is 10.1. The molecule has 0 heterocycles. The molecule has 0 spiro atoms. The highest BCUT2D eigenvalue weighted by atomic mass is 16.5. The number of hydrogen-bond acceptors (Lipinski definition) is 5. The zero-order valence-electron chi connectivity index (χ0n) is 14.4. The normalized spacial score (nSPS) is 12.5. The summed E-state index contributed by atoms with van der Waals surface area (Å²) in [5.74, 6) is -2.16. The van der Waals surface area contributed by atoms with Gasteiger partial charge in [0.2, 0.25) is 5.91 Å². The minimum absolute atomic E-state index is 0.0180. The zero-order chi connectivity index (χ0) is 19.6. The number of hydrogen-bond donors (Lipinski definition) is 4. The van der Waals surface area contributed by atoms with E-state index in [0.717, 1.165) is 5.56 Å². The SMILES string of the molecule is O=C(N[C@H](C(=O)NC(CO)C(=O)O)c1ccccc1)OCc1ccccc1. The summed E-state index contributed by atoms with van der Waals surface area (Å²) >= 11 is 0. The van der Waals surface area contributed by atoms with Crippen molar-refractivity contribution in [2.24, 2.45) is 0 Å². The van der Waals surface area contributed by atoms with Crippen molar-refractivity contribution >= 4 is 18.0 Å².